The van der Waals surface area contributed by atoms with Gasteiger partial charge in [0.2, 0.25) is 15.0 Å². The van der Waals surface area contributed by atoms with Gasteiger partial charge in [-0.3, -0.25) is 10.1 Å². The average molecular weight is 331 g/mol. The SMILES string of the molecule is CS(=O)(=O)c1nc2cc([N+](=O)[O-])ccc2n1Cc1ccccc1. The topological polar surface area (TPSA) is 95.1 Å². The lowest BCUT2D eigenvalue weighted by Crippen LogP contribution is -2.10. The van der Waals surface area contributed by atoms with E-state index in [0.29, 0.717) is 12.1 Å². The molecule has 1 aromatic heterocycles. The van der Waals surface area contributed by atoms with E-state index >= 15 is 0 Å². The van der Waals surface area contributed by atoms with E-state index < -0.39 is 14.8 Å². The number of aromatic nitrogens is 2. The summed E-state index contributed by atoms with van der Waals surface area (Å²) in [5.41, 5.74) is 1.62. The van der Waals surface area contributed by atoms with Crippen LogP contribution >= 0.6 is 0 Å². The molecule has 8 heteroatoms. The fraction of sp³-hybridized carbons (Fsp3) is 0.133. The number of rotatable bonds is 4. The highest BCUT2D eigenvalue weighted by Crippen LogP contribution is 2.25. The normalized spacial score (nSPS) is 11.7. The third-order valence-electron chi connectivity index (χ3n) is 3.42. The van der Waals surface area contributed by atoms with Crippen LogP contribution in [0.5, 0.6) is 0 Å². The highest BCUT2D eigenvalue weighted by atomic mass is 32.2. The molecule has 23 heavy (non-hydrogen) atoms. The fourth-order valence-electron chi connectivity index (χ4n) is 2.41. The molecule has 0 aliphatic heterocycles. The van der Waals surface area contributed by atoms with E-state index in [2.05, 4.69) is 4.98 Å². The van der Waals surface area contributed by atoms with Gasteiger partial charge < -0.3 is 4.57 Å². The van der Waals surface area contributed by atoms with Crippen LogP contribution in [0.3, 0.4) is 0 Å². The van der Waals surface area contributed by atoms with Crippen molar-refractivity contribution in [2.75, 3.05) is 6.26 Å². The Balaban J connectivity index is 2.23. The van der Waals surface area contributed by atoms with Crippen LogP contribution in [0.4, 0.5) is 5.69 Å². The minimum Gasteiger partial charge on any atom is -0.310 e. The molecule has 0 saturated heterocycles. The smallest absolute Gasteiger partial charge is 0.271 e. The number of non-ortho nitro benzene ring substituents is 1. The van der Waals surface area contributed by atoms with E-state index in [0.717, 1.165) is 11.8 Å². The van der Waals surface area contributed by atoms with Gasteiger partial charge in [0.1, 0.15) is 0 Å². The van der Waals surface area contributed by atoms with Crippen molar-refractivity contribution in [3.8, 4) is 0 Å². The molecule has 0 aliphatic carbocycles. The summed E-state index contributed by atoms with van der Waals surface area (Å²) >= 11 is 0. The van der Waals surface area contributed by atoms with Crippen molar-refractivity contribution < 1.29 is 13.3 Å². The number of nitro groups is 1. The largest absolute Gasteiger partial charge is 0.310 e. The molecule has 2 aromatic carbocycles. The maximum absolute atomic E-state index is 12.0. The highest BCUT2D eigenvalue weighted by molar-refractivity contribution is 7.90. The maximum Gasteiger partial charge on any atom is 0.271 e. The summed E-state index contributed by atoms with van der Waals surface area (Å²) in [5, 5.41) is 10.8. The Morgan fingerprint density at radius 1 is 1.17 bits per heavy atom. The minimum atomic E-state index is -3.57. The van der Waals surface area contributed by atoms with Crippen LogP contribution in [0.25, 0.3) is 11.0 Å². The maximum atomic E-state index is 12.0. The molecule has 3 aromatic rings. The number of imidazole rings is 1. The molecule has 0 radical (unpaired) electrons. The summed E-state index contributed by atoms with van der Waals surface area (Å²) in [6.45, 7) is 0.317. The first kappa shape index (κ1) is 15.2. The van der Waals surface area contributed by atoms with Crippen LogP contribution < -0.4 is 0 Å². The molecule has 7 nitrogen and oxygen atoms in total. The van der Waals surface area contributed by atoms with Crippen molar-refractivity contribution in [2.24, 2.45) is 0 Å². The molecule has 3 rings (SSSR count). The number of nitro benzene ring substituents is 1. The average Bonchev–Trinajstić information content (AvgIpc) is 2.86. The Labute approximate surface area is 132 Å². The summed E-state index contributed by atoms with van der Waals surface area (Å²) in [5.74, 6) is 0. The van der Waals surface area contributed by atoms with Gasteiger partial charge in [0, 0.05) is 18.4 Å². The van der Waals surface area contributed by atoms with Crippen LogP contribution in [0.2, 0.25) is 0 Å². The van der Waals surface area contributed by atoms with Crippen LogP contribution in [-0.2, 0) is 16.4 Å². The number of hydrogen-bond donors (Lipinski definition) is 0. The molecule has 0 fully saturated rings. The Morgan fingerprint density at radius 2 is 1.87 bits per heavy atom. The molecule has 0 amide bonds. The van der Waals surface area contributed by atoms with Crippen molar-refractivity contribution in [2.45, 2.75) is 11.7 Å². The van der Waals surface area contributed by atoms with Crippen molar-refractivity contribution in [1.82, 2.24) is 9.55 Å². The van der Waals surface area contributed by atoms with Crippen molar-refractivity contribution >= 4 is 26.6 Å². The van der Waals surface area contributed by atoms with E-state index in [-0.39, 0.29) is 16.4 Å². The molecule has 0 saturated carbocycles. The summed E-state index contributed by atoms with van der Waals surface area (Å²) in [6.07, 6.45) is 1.07. The standard InChI is InChI=1S/C15H13N3O4S/c1-23(21,22)15-16-13-9-12(18(19)20)7-8-14(13)17(15)10-11-5-3-2-4-6-11/h2-9H,10H2,1H3. The molecular formula is C15H13N3O4S. The van der Waals surface area contributed by atoms with E-state index in [9.17, 15) is 18.5 Å². The molecular weight excluding hydrogens is 318 g/mol. The second-order valence-corrected chi connectivity index (χ2v) is 7.08. The third-order valence-corrected chi connectivity index (χ3v) is 4.40. The molecule has 118 valence electrons. The molecule has 0 atom stereocenters. The molecule has 0 unspecified atom stereocenters. The first-order chi connectivity index (χ1) is 10.9. The van der Waals surface area contributed by atoms with Gasteiger partial charge in [-0.25, -0.2) is 13.4 Å². The molecule has 1 heterocycles. The second kappa shape index (κ2) is 5.47. The molecule has 0 aliphatic rings. The number of nitrogens with zero attached hydrogens (tertiary/aromatic N) is 3. The Kier molecular flexibility index (Phi) is 3.61. The van der Waals surface area contributed by atoms with Gasteiger partial charge in [0.05, 0.1) is 22.5 Å². The van der Waals surface area contributed by atoms with Crippen molar-refractivity contribution in [3.05, 3.63) is 64.2 Å². The van der Waals surface area contributed by atoms with Crippen molar-refractivity contribution in [1.29, 1.82) is 0 Å². The Bertz CT molecular complexity index is 994. The van der Waals surface area contributed by atoms with Gasteiger partial charge in [0.25, 0.3) is 5.69 Å². The molecule has 0 N–H and O–H groups in total. The zero-order chi connectivity index (χ0) is 16.6. The van der Waals surface area contributed by atoms with E-state index in [1.807, 2.05) is 30.3 Å². The van der Waals surface area contributed by atoms with Gasteiger partial charge in [0.15, 0.2) is 0 Å². The number of benzene rings is 2. The quantitative estimate of drug-likeness (QED) is 0.540. The van der Waals surface area contributed by atoms with Crippen LogP contribution in [0, 0.1) is 10.1 Å². The highest BCUT2D eigenvalue weighted by Gasteiger charge is 2.21. The summed E-state index contributed by atoms with van der Waals surface area (Å²) in [7, 11) is -3.57. The lowest BCUT2D eigenvalue weighted by atomic mass is 10.2. The van der Waals surface area contributed by atoms with E-state index in [4.69, 9.17) is 0 Å². The van der Waals surface area contributed by atoms with E-state index in [1.165, 1.54) is 18.2 Å². The third kappa shape index (κ3) is 2.93. The zero-order valence-corrected chi connectivity index (χ0v) is 13.0. The predicted molar refractivity (Wildman–Crippen MR) is 85.0 cm³/mol. The minimum absolute atomic E-state index is 0.100. The second-order valence-electron chi connectivity index (χ2n) is 5.17. The lowest BCUT2D eigenvalue weighted by Gasteiger charge is -2.08. The first-order valence-corrected chi connectivity index (χ1v) is 8.64. The van der Waals surface area contributed by atoms with Gasteiger partial charge in [-0.2, -0.15) is 0 Å². The molecule has 0 bridgehead atoms. The first-order valence-electron chi connectivity index (χ1n) is 6.75. The predicted octanol–water partition coefficient (Wildman–Crippen LogP) is 2.40. The number of sulfone groups is 1. The summed E-state index contributed by atoms with van der Waals surface area (Å²) < 4.78 is 25.6. The lowest BCUT2D eigenvalue weighted by molar-refractivity contribution is -0.384. The fourth-order valence-corrected chi connectivity index (χ4v) is 3.24. The van der Waals surface area contributed by atoms with Gasteiger partial charge in [-0.05, 0) is 11.6 Å². The van der Waals surface area contributed by atoms with Crippen LogP contribution in [-0.4, -0.2) is 29.1 Å². The zero-order valence-electron chi connectivity index (χ0n) is 12.2. The van der Waals surface area contributed by atoms with Crippen LogP contribution in [0.1, 0.15) is 5.56 Å². The number of hydrogen-bond acceptors (Lipinski definition) is 5. The van der Waals surface area contributed by atoms with Gasteiger partial charge in [-0.1, -0.05) is 30.3 Å². The summed E-state index contributed by atoms with van der Waals surface area (Å²) in [4.78, 5) is 14.4. The van der Waals surface area contributed by atoms with Gasteiger partial charge >= 0.3 is 0 Å². The van der Waals surface area contributed by atoms with E-state index in [1.54, 1.807) is 4.57 Å². The van der Waals surface area contributed by atoms with Gasteiger partial charge in [-0.15, -0.1) is 0 Å². The van der Waals surface area contributed by atoms with Crippen molar-refractivity contribution in [3.63, 3.8) is 0 Å². The summed E-state index contributed by atoms with van der Waals surface area (Å²) in [6, 6.07) is 13.5. The Morgan fingerprint density at radius 3 is 2.48 bits per heavy atom. The Hall–Kier alpha value is -2.74. The van der Waals surface area contributed by atoms with Crippen LogP contribution in [0.15, 0.2) is 53.7 Å². The molecule has 0 spiro atoms. The monoisotopic (exact) mass is 331 g/mol. The number of fused-ring (bicyclic) bond motifs is 1.